The molecule has 0 spiro atoms. The Morgan fingerprint density at radius 3 is 1.71 bits per heavy atom. The van der Waals surface area contributed by atoms with E-state index in [4.69, 9.17) is 23.2 Å². The van der Waals surface area contributed by atoms with E-state index in [0.717, 1.165) is 30.4 Å². The summed E-state index contributed by atoms with van der Waals surface area (Å²) in [4.78, 5) is 13.1. The van der Waals surface area contributed by atoms with Gasteiger partial charge in [0, 0.05) is 34.0 Å². The molecule has 2 aromatic carbocycles. The van der Waals surface area contributed by atoms with Crippen LogP contribution in [0, 0.1) is 11.8 Å². The zero-order chi connectivity index (χ0) is 16.7. The fourth-order valence-electron chi connectivity index (χ4n) is 4.27. The smallest absolute Gasteiger partial charge is 0.142 e. The summed E-state index contributed by atoms with van der Waals surface area (Å²) in [6.45, 7) is 0. The molecule has 2 aliphatic rings. The molecule has 4 atom stereocenters. The fourth-order valence-corrected chi connectivity index (χ4v) is 4.78. The minimum atomic E-state index is -0.0518. The zero-order valence-electron chi connectivity index (χ0n) is 13.2. The number of hydrogen-bond donors (Lipinski definition) is 1. The van der Waals surface area contributed by atoms with Gasteiger partial charge in [0.25, 0.3) is 0 Å². The molecule has 24 heavy (non-hydrogen) atoms. The highest BCUT2D eigenvalue weighted by molar-refractivity contribution is 6.31. The van der Waals surface area contributed by atoms with Gasteiger partial charge in [-0.05, 0) is 36.1 Å². The standard InChI is InChI=1S/C20H19Cl2NO/c21-16-10-3-1-6-12(16)18-14-8-5-9-15(20(14)24)19(23-18)13-7-2-4-11-17(13)22/h1-4,6-7,10-11,14-15,18-19,23H,5,8-9H2. The summed E-state index contributed by atoms with van der Waals surface area (Å²) in [7, 11) is 0. The lowest BCUT2D eigenvalue weighted by Crippen LogP contribution is -2.50. The Morgan fingerprint density at radius 1 is 0.792 bits per heavy atom. The number of Topliss-reactive ketones (excluding diaryl/α,β-unsaturated/α-hetero) is 1. The van der Waals surface area contributed by atoms with E-state index in [1.54, 1.807) is 0 Å². The third-order valence-electron chi connectivity index (χ3n) is 5.41. The first-order valence-corrected chi connectivity index (χ1v) is 9.21. The molecule has 2 nitrogen and oxygen atoms in total. The Hall–Kier alpha value is -1.35. The highest BCUT2D eigenvalue weighted by Crippen LogP contribution is 2.47. The van der Waals surface area contributed by atoms with Gasteiger partial charge in [-0.25, -0.2) is 0 Å². The van der Waals surface area contributed by atoms with Gasteiger partial charge < -0.3 is 5.32 Å². The van der Waals surface area contributed by atoms with Crippen LogP contribution in [0.2, 0.25) is 10.0 Å². The average Bonchev–Trinajstić information content (AvgIpc) is 2.57. The molecule has 1 aliphatic carbocycles. The number of benzene rings is 2. The number of halogens is 2. The lowest BCUT2D eigenvalue weighted by molar-refractivity contribution is -0.135. The van der Waals surface area contributed by atoms with Crippen molar-refractivity contribution in [2.75, 3.05) is 0 Å². The summed E-state index contributed by atoms with van der Waals surface area (Å²) in [5.74, 6) is 0.361. The Morgan fingerprint density at radius 2 is 1.25 bits per heavy atom. The molecule has 2 fully saturated rings. The van der Waals surface area contributed by atoms with Gasteiger partial charge in [-0.1, -0.05) is 66.0 Å². The van der Waals surface area contributed by atoms with Crippen molar-refractivity contribution in [3.63, 3.8) is 0 Å². The predicted octanol–water partition coefficient (Wildman–Crippen LogP) is 5.36. The van der Waals surface area contributed by atoms with Crippen LogP contribution in [0.15, 0.2) is 48.5 Å². The van der Waals surface area contributed by atoms with E-state index in [-0.39, 0.29) is 23.9 Å². The van der Waals surface area contributed by atoms with Crippen LogP contribution in [-0.4, -0.2) is 5.78 Å². The highest BCUT2D eigenvalue weighted by atomic mass is 35.5. The third kappa shape index (κ3) is 2.67. The van der Waals surface area contributed by atoms with Crippen LogP contribution in [-0.2, 0) is 4.79 Å². The van der Waals surface area contributed by atoms with Crippen molar-refractivity contribution in [1.82, 2.24) is 5.32 Å². The number of ketones is 1. The molecule has 4 unspecified atom stereocenters. The van der Waals surface area contributed by atoms with Gasteiger partial charge >= 0.3 is 0 Å². The van der Waals surface area contributed by atoms with Crippen LogP contribution >= 0.6 is 23.2 Å². The van der Waals surface area contributed by atoms with Crippen LogP contribution in [0.1, 0.15) is 42.5 Å². The topological polar surface area (TPSA) is 29.1 Å². The van der Waals surface area contributed by atoms with Crippen molar-refractivity contribution >= 4 is 29.0 Å². The lowest BCUT2D eigenvalue weighted by Gasteiger charge is -2.45. The van der Waals surface area contributed by atoms with Crippen molar-refractivity contribution in [1.29, 1.82) is 0 Å². The van der Waals surface area contributed by atoms with Gasteiger partial charge in [0.15, 0.2) is 0 Å². The van der Waals surface area contributed by atoms with E-state index in [0.29, 0.717) is 15.8 Å². The van der Waals surface area contributed by atoms with Gasteiger partial charge in [0.05, 0.1) is 0 Å². The molecule has 4 rings (SSSR count). The van der Waals surface area contributed by atoms with E-state index in [1.807, 2.05) is 48.5 Å². The second-order valence-corrected chi connectivity index (χ2v) is 7.53. The SMILES string of the molecule is O=C1C2CCCC1C(c1ccccc1Cl)NC2c1ccccc1Cl. The summed E-state index contributed by atoms with van der Waals surface area (Å²) < 4.78 is 0. The predicted molar refractivity (Wildman–Crippen MR) is 97.4 cm³/mol. The largest absolute Gasteiger partial charge is 0.302 e. The molecule has 1 aliphatic heterocycles. The molecule has 1 saturated heterocycles. The maximum Gasteiger partial charge on any atom is 0.142 e. The van der Waals surface area contributed by atoms with Crippen molar-refractivity contribution in [2.24, 2.45) is 11.8 Å². The second kappa shape index (κ2) is 6.51. The quantitative estimate of drug-likeness (QED) is 0.781. The first-order chi connectivity index (χ1) is 11.7. The fraction of sp³-hybridized carbons (Fsp3) is 0.350. The normalized spacial score (nSPS) is 29.5. The molecule has 2 bridgehead atoms. The number of nitrogens with one attached hydrogen (secondary N) is 1. The van der Waals surface area contributed by atoms with E-state index in [2.05, 4.69) is 5.32 Å². The maximum atomic E-state index is 13.1. The molecule has 0 radical (unpaired) electrons. The number of carbonyl (C=O) groups is 1. The monoisotopic (exact) mass is 359 g/mol. The van der Waals surface area contributed by atoms with Crippen molar-refractivity contribution < 1.29 is 4.79 Å². The van der Waals surface area contributed by atoms with Crippen LogP contribution in [0.5, 0.6) is 0 Å². The first-order valence-electron chi connectivity index (χ1n) is 8.45. The van der Waals surface area contributed by atoms with Crippen LogP contribution < -0.4 is 5.32 Å². The molecule has 0 aromatic heterocycles. The van der Waals surface area contributed by atoms with E-state index in [1.165, 1.54) is 0 Å². The van der Waals surface area contributed by atoms with Crippen LogP contribution in [0.3, 0.4) is 0 Å². The summed E-state index contributed by atoms with van der Waals surface area (Å²) in [5, 5.41) is 5.14. The molecule has 124 valence electrons. The summed E-state index contributed by atoms with van der Waals surface area (Å²) in [5.41, 5.74) is 2.02. The van der Waals surface area contributed by atoms with Gasteiger partial charge in [-0.15, -0.1) is 0 Å². The first kappa shape index (κ1) is 16.1. The van der Waals surface area contributed by atoms with E-state index in [9.17, 15) is 4.79 Å². The molecule has 1 N–H and O–H groups in total. The number of fused-ring (bicyclic) bond motifs is 2. The Balaban J connectivity index is 1.78. The van der Waals surface area contributed by atoms with Gasteiger partial charge in [0.1, 0.15) is 5.78 Å². The number of piperidine rings is 1. The average molecular weight is 360 g/mol. The van der Waals surface area contributed by atoms with Gasteiger partial charge in [0.2, 0.25) is 0 Å². The molecule has 1 heterocycles. The highest BCUT2D eigenvalue weighted by Gasteiger charge is 2.47. The molecular weight excluding hydrogens is 341 g/mol. The van der Waals surface area contributed by atoms with Crippen LogP contribution in [0.4, 0.5) is 0 Å². The van der Waals surface area contributed by atoms with Crippen molar-refractivity contribution in [3.05, 3.63) is 69.7 Å². The molecule has 4 heteroatoms. The van der Waals surface area contributed by atoms with Gasteiger partial charge in [-0.2, -0.15) is 0 Å². The minimum Gasteiger partial charge on any atom is -0.302 e. The Labute approximate surface area is 152 Å². The Bertz CT molecular complexity index is 714. The summed E-state index contributed by atoms with van der Waals surface area (Å²) in [6, 6.07) is 15.5. The zero-order valence-corrected chi connectivity index (χ0v) is 14.7. The maximum absolute atomic E-state index is 13.1. The minimum absolute atomic E-state index is 0.00221. The van der Waals surface area contributed by atoms with Crippen LogP contribution in [0.25, 0.3) is 0 Å². The third-order valence-corrected chi connectivity index (χ3v) is 6.09. The second-order valence-electron chi connectivity index (χ2n) is 6.71. The summed E-state index contributed by atoms with van der Waals surface area (Å²) in [6.07, 6.45) is 2.92. The number of hydrogen-bond acceptors (Lipinski definition) is 2. The van der Waals surface area contributed by atoms with Crippen molar-refractivity contribution in [3.8, 4) is 0 Å². The van der Waals surface area contributed by atoms with Gasteiger partial charge in [-0.3, -0.25) is 4.79 Å². The Kier molecular flexibility index (Phi) is 4.38. The van der Waals surface area contributed by atoms with E-state index >= 15 is 0 Å². The van der Waals surface area contributed by atoms with Crippen molar-refractivity contribution in [2.45, 2.75) is 31.3 Å². The lowest BCUT2D eigenvalue weighted by atomic mass is 9.67. The molecule has 1 saturated carbocycles. The summed E-state index contributed by atoms with van der Waals surface area (Å²) >= 11 is 12.9. The molecular formula is C20H19Cl2NO. The molecule has 2 aromatic rings. The van der Waals surface area contributed by atoms with E-state index < -0.39 is 0 Å². The number of carbonyl (C=O) groups excluding carboxylic acids is 1. The molecule has 0 amide bonds. The number of rotatable bonds is 2.